The van der Waals surface area contributed by atoms with Crippen molar-refractivity contribution in [1.82, 2.24) is 4.98 Å². The molecule has 2 heterocycles. The topological polar surface area (TPSA) is 64.4 Å². The van der Waals surface area contributed by atoms with Gasteiger partial charge in [-0.05, 0) is 86.9 Å². The Bertz CT molecular complexity index is 1610. The third kappa shape index (κ3) is 4.33. The molecule has 0 atom stereocenters. The van der Waals surface area contributed by atoms with Gasteiger partial charge in [-0.3, -0.25) is 4.79 Å². The lowest BCUT2D eigenvalue weighted by Crippen LogP contribution is -2.08. The minimum Gasteiger partial charge on any atom is -0.496 e. The number of benzene rings is 3. The normalized spacial score (nSPS) is 11.9. The van der Waals surface area contributed by atoms with Gasteiger partial charge in [-0.15, -0.1) is 11.3 Å². The summed E-state index contributed by atoms with van der Waals surface area (Å²) in [5.41, 5.74) is 8.44. The summed E-state index contributed by atoms with van der Waals surface area (Å²) in [6.07, 6.45) is 3.34. The molecule has 0 bridgehead atoms. The van der Waals surface area contributed by atoms with E-state index in [2.05, 4.69) is 30.4 Å². The van der Waals surface area contributed by atoms with Crippen molar-refractivity contribution in [3.8, 4) is 16.3 Å². The molecule has 2 aromatic heterocycles. The second-order valence-electron chi connectivity index (χ2n) is 8.76. The number of anilines is 1. The van der Waals surface area contributed by atoms with E-state index < -0.39 is 0 Å². The molecule has 0 saturated carbocycles. The van der Waals surface area contributed by atoms with Crippen molar-refractivity contribution < 1.29 is 13.9 Å². The minimum absolute atomic E-state index is 0.200. The molecule has 176 valence electrons. The molecular formula is C29H26N2O3S. The highest BCUT2D eigenvalue weighted by Crippen LogP contribution is 2.37. The van der Waals surface area contributed by atoms with Crippen LogP contribution in [0, 0.1) is 20.8 Å². The van der Waals surface area contributed by atoms with Gasteiger partial charge in [0.25, 0.3) is 0 Å². The maximum absolute atomic E-state index is 12.8. The van der Waals surface area contributed by atoms with E-state index in [0.29, 0.717) is 5.75 Å². The lowest BCUT2D eigenvalue weighted by Gasteiger charge is -2.13. The molecule has 0 unspecified atom stereocenters. The number of thiazole rings is 1. The first-order valence-electron chi connectivity index (χ1n) is 11.4. The fraction of sp³-hybridized carbons (Fsp3) is 0.172. The molecular weight excluding hydrogens is 456 g/mol. The van der Waals surface area contributed by atoms with Crippen LogP contribution in [-0.2, 0) is 4.79 Å². The first-order valence-corrected chi connectivity index (χ1v) is 12.2. The Morgan fingerprint density at radius 2 is 1.86 bits per heavy atom. The third-order valence-corrected chi connectivity index (χ3v) is 7.22. The van der Waals surface area contributed by atoms with Gasteiger partial charge in [0.05, 0.1) is 23.6 Å². The molecule has 5 aromatic rings. The quantitative estimate of drug-likeness (QED) is 0.261. The summed E-state index contributed by atoms with van der Waals surface area (Å²) in [6.45, 7) is 7.97. The van der Waals surface area contributed by atoms with Crippen molar-refractivity contribution in [2.24, 2.45) is 0 Å². The highest BCUT2D eigenvalue weighted by Gasteiger charge is 2.17. The highest BCUT2D eigenvalue weighted by molar-refractivity contribution is 7.21. The Morgan fingerprint density at radius 3 is 2.60 bits per heavy atom. The summed E-state index contributed by atoms with van der Waals surface area (Å²) in [6, 6.07) is 16.1. The summed E-state index contributed by atoms with van der Waals surface area (Å²) in [5.74, 6) is 0.512. The van der Waals surface area contributed by atoms with Gasteiger partial charge in [0.15, 0.2) is 0 Å². The van der Waals surface area contributed by atoms with Crippen molar-refractivity contribution in [2.45, 2.75) is 27.7 Å². The lowest BCUT2D eigenvalue weighted by atomic mass is 9.98. The van der Waals surface area contributed by atoms with Gasteiger partial charge in [0, 0.05) is 33.8 Å². The van der Waals surface area contributed by atoms with Crippen LogP contribution in [-0.4, -0.2) is 18.0 Å². The van der Waals surface area contributed by atoms with Crippen LogP contribution >= 0.6 is 11.3 Å². The number of hydrogen-bond acceptors (Lipinski definition) is 5. The number of carbonyl (C=O) groups excluding carboxylic acids is 1. The second kappa shape index (κ2) is 9.04. The number of allylic oxidation sites excluding steroid dienone is 1. The zero-order valence-corrected chi connectivity index (χ0v) is 21.2. The van der Waals surface area contributed by atoms with E-state index in [4.69, 9.17) is 14.1 Å². The molecule has 0 radical (unpaired) electrons. The molecule has 0 aliphatic heterocycles. The van der Waals surface area contributed by atoms with Crippen LogP contribution in [0.4, 0.5) is 5.69 Å². The summed E-state index contributed by atoms with van der Waals surface area (Å²) in [7, 11) is 1.63. The van der Waals surface area contributed by atoms with Crippen molar-refractivity contribution in [1.29, 1.82) is 0 Å². The standard InChI is InChI=1S/C29H26N2O3S/c1-16-6-11-24-25(12-16)35-29(31-24)20-7-9-21(10-8-20)30-26(32)13-17(2)22-14-23-18(3)15-34-28(23)19(4)27(22)33-5/h6-15H,1-5H3,(H,30,32)/b17-13+. The zero-order chi connectivity index (χ0) is 24.7. The smallest absolute Gasteiger partial charge is 0.248 e. The SMILES string of the molecule is COc1c(/C(C)=C/C(=O)Nc2ccc(-c3nc4ccc(C)cc4s3)cc2)cc2c(C)coc2c1C. The van der Waals surface area contributed by atoms with Gasteiger partial charge >= 0.3 is 0 Å². The molecule has 3 aromatic carbocycles. The van der Waals surface area contributed by atoms with Gasteiger partial charge in [0.2, 0.25) is 5.91 Å². The Hall–Kier alpha value is -3.90. The predicted octanol–water partition coefficient (Wildman–Crippen LogP) is 7.69. The molecule has 0 aliphatic carbocycles. The van der Waals surface area contributed by atoms with Crippen LogP contribution < -0.4 is 10.1 Å². The summed E-state index contributed by atoms with van der Waals surface area (Å²) >= 11 is 1.67. The molecule has 6 heteroatoms. The molecule has 5 rings (SSSR count). The number of amides is 1. The Morgan fingerprint density at radius 1 is 1.09 bits per heavy atom. The van der Waals surface area contributed by atoms with Crippen LogP contribution in [0.15, 0.2) is 65.3 Å². The highest BCUT2D eigenvalue weighted by atomic mass is 32.1. The van der Waals surface area contributed by atoms with E-state index in [9.17, 15) is 4.79 Å². The summed E-state index contributed by atoms with van der Waals surface area (Å²) in [4.78, 5) is 17.5. The third-order valence-electron chi connectivity index (χ3n) is 6.16. The van der Waals surface area contributed by atoms with E-state index in [1.165, 1.54) is 10.3 Å². The Balaban J connectivity index is 1.37. The molecule has 1 amide bonds. The van der Waals surface area contributed by atoms with E-state index in [0.717, 1.165) is 55.0 Å². The number of rotatable bonds is 5. The van der Waals surface area contributed by atoms with Gasteiger partial charge < -0.3 is 14.5 Å². The number of carbonyl (C=O) groups is 1. The number of aryl methyl sites for hydroxylation is 3. The van der Waals surface area contributed by atoms with Gasteiger partial charge in [0.1, 0.15) is 16.3 Å². The van der Waals surface area contributed by atoms with Crippen molar-refractivity contribution in [2.75, 3.05) is 12.4 Å². The van der Waals surface area contributed by atoms with E-state index in [1.807, 2.05) is 51.1 Å². The molecule has 0 fully saturated rings. The van der Waals surface area contributed by atoms with Crippen LogP contribution in [0.3, 0.4) is 0 Å². The van der Waals surface area contributed by atoms with Crippen molar-refractivity contribution in [3.05, 3.63) is 83.1 Å². The lowest BCUT2D eigenvalue weighted by molar-refractivity contribution is -0.111. The van der Waals surface area contributed by atoms with Crippen molar-refractivity contribution in [3.63, 3.8) is 0 Å². The van der Waals surface area contributed by atoms with Crippen LogP contribution in [0.2, 0.25) is 0 Å². The number of methoxy groups -OCH3 is 1. The van der Waals surface area contributed by atoms with Crippen LogP contribution in [0.25, 0.3) is 37.3 Å². The molecule has 5 nitrogen and oxygen atoms in total. The molecule has 0 saturated heterocycles. The molecule has 0 aliphatic rings. The minimum atomic E-state index is -0.200. The number of furan rings is 1. The predicted molar refractivity (Wildman–Crippen MR) is 144 cm³/mol. The van der Waals surface area contributed by atoms with Crippen LogP contribution in [0.5, 0.6) is 5.75 Å². The number of nitrogens with one attached hydrogen (secondary N) is 1. The zero-order valence-electron chi connectivity index (χ0n) is 20.4. The molecule has 35 heavy (non-hydrogen) atoms. The van der Waals surface area contributed by atoms with Gasteiger partial charge in [-0.1, -0.05) is 6.07 Å². The summed E-state index contributed by atoms with van der Waals surface area (Å²) in [5, 5.41) is 4.94. The summed E-state index contributed by atoms with van der Waals surface area (Å²) < 4.78 is 12.5. The van der Waals surface area contributed by atoms with Gasteiger partial charge in [-0.25, -0.2) is 4.98 Å². The first kappa shape index (κ1) is 22.9. The largest absolute Gasteiger partial charge is 0.496 e. The van der Waals surface area contributed by atoms with Crippen molar-refractivity contribution >= 4 is 49.7 Å². The van der Waals surface area contributed by atoms with Gasteiger partial charge in [-0.2, -0.15) is 0 Å². The monoisotopic (exact) mass is 482 g/mol. The van der Waals surface area contributed by atoms with E-state index in [-0.39, 0.29) is 5.91 Å². The van der Waals surface area contributed by atoms with E-state index in [1.54, 1.807) is 30.8 Å². The number of aromatic nitrogens is 1. The number of fused-ring (bicyclic) bond motifs is 2. The first-order chi connectivity index (χ1) is 16.8. The Labute approximate surface area is 208 Å². The average Bonchev–Trinajstić information content (AvgIpc) is 3.42. The maximum Gasteiger partial charge on any atom is 0.248 e. The fourth-order valence-electron chi connectivity index (χ4n) is 4.30. The Kier molecular flexibility index (Phi) is 5.91. The average molecular weight is 483 g/mol. The maximum atomic E-state index is 12.8. The fourth-order valence-corrected chi connectivity index (χ4v) is 5.37. The number of hydrogen-bond donors (Lipinski definition) is 1. The molecule has 1 N–H and O–H groups in total. The molecule has 0 spiro atoms. The van der Waals surface area contributed by atoms with Crippen LogP contribution in [0.1, 0.15) is 29.2 Å². The number of ether oxygens (including phenoxy) is 1. The van der Waals surface area contributed by atoms with E-state index >= 15 is 0 Å². The second-order valence-corrected chi connectivity index (χ2v) is 9.79. The number of nitrogens with zero attached hydrogens (tertiary/aromatic N) is 1.